The van der Waals surface area contributed by atoms with Crippen LogP contribution >= 0.6 is 0 Å². The minimum atomic E-state index is -2.97. The molecule has 7 heteroatoms. The van der Waals surface area contributed by atoms with Gasteiger partial charge in [-0.05, 0) is 0 Å². The monoisotopic (exact) mass is 204 g/mol. The average Bonchev–Trinajstić information content (AvgIpc) is 2.51. The van der Waals surface area contributed by atoms with E-state index < -0.39 is 12.3 Å². The number of carbonyl (C=O) groups excluding carboxylic acids is 1. The quantitative estimate of drug-likeness (QED) is 0.735. The van der Waals surface area contributed by atoms with E-state index in [1.807, 2.05) is 0 Å². The third-order valence-corrected chi connectivity index (χ3v) is 1.49. The maximum atomic E-state index is 11.7. The molecular weight excluding hydrogens is 194 g/mol. The second-order valence-electron chi connectivity index (χ2n) is 2.68. The van der Waals surface area contributed by atoms with Crippen LogP contribution in [0.1, 0.15) is 5.82 Å². The summed E-state index contributed by atoms with van der Waals surface area (Å²) in [5, 5.41) is 5.98. The fourth-order valence-corrected chi connectivity index (χ4v) is 0.873. The van der Waals surface area contributed by atoms with Crippen LogP contribution in [0, 0.1) is 0 Å². The molecule has 0 saturated heterocycles. The van der Waals surface area contributed by atoms with Crippen molar-refractivity contribution in [2.75, 3.05) is 6.54 Å². The maximum absolute atomic E-state index is 11.7. The highest BCUT2D eigenvalue weighted by Crippen LogP contribution is 1.92. The number of aryl methyl sites for hydroxylation is 1. The number of carbonyl (C=O) groups is 1. The highest BCUT2D eigenvalue weighted by atomic mass is 19.3. The molecule has 14 heavy (non-hydrogen) atoms. The second kappa shape index (κ2) is 4.64. The van der Waals surface area contributed by atoms with Crippen molar-refractivity contribution >= 4 is 5.91 Å². The Morgan fingerprint density at radius 2 is 2.43 bits per heavy atom. The highest BCUT2D eigenvalue weighted by molar-refractivity contribution is 5.78. The fourth-order valence-electron chi connectivity index (χ4n) is 0.873. The molecule has 5 nitrogen and oxygen atoms in total. The Labute approximate surface area is 79.1 Å². The fraction of sp³-hybridized carbons (Fsp3) is 0.571. The summed E-state index contributed by atoms with van der Waals surface area (Å²) in [6, 6.07) is 0. The van der Waals surface area contributed by atoms with Crippen LogP contribution < -0.4 is 5.32 Å². The largest absolute Gasteiger partial charge is 0.351 e. The zero-order valence-corrected chi connectivity index (χ0v) is 7.57. The first-order chi connectivity index (χ1) is 6.59. The molecule has 0 fully saturated rings. The van der Waals surface area contributed by atoms with Crippen LogP contribution in [0.15, 0.2) is 6.33 Å². The Kier molecular flexibility index (Phi) is 3.49. The SMILES string of the molecule is Cn1cnc(CCNC(=O)C(F)F)n1. The molecule has 0 radical (unpaired) electrons. The standard InChI is InChI=1S/C7H10F2N4O/c1-13-4-11-5(12-13)2-3-10-7(14)6(8)9/h4,6H,2-3H2,1H3,(H,10,14). The number of alkyl halides is 2. The van der Waals surface area contributed by atoms with E-state index in [9.17, 15) is 13.6 Å². The van der Waals surface area contributed by atoms with Crippen molar-refractivity contribution in [3.63, 3.8) is 0 Å². The van der Waals surface area contributed by atoms with Gasteiger partial charge in [0, 0.05) is 20.0 Å². The van der Waals surface area contributed by atoms with Crippen molar-refractivity contribution in [2.24, 2.45) is 7.05 Å². The zero-order valence-electron chi connectivity index (χ0n) is 7.57. The van der Waals surface area contributed by atoms with Crippen LogP contribution in [-0.4, -0.2) is 33.6 Å². The Hall–Kier alpha value is -1.53. The molecule has 1 aromatic rings. The molecule has 1 heterocycles. The maximum Gasteiger partial charge on any atom is 0.315 e. The van der Waals surface area contributed by atoms with E-state index in [2.05, 4.69) is 15.4 Å². The van der Waals surface area contributed by atoms with Crippen molar-refractivity contribution < 1.29 is 13.6 Å². The Morgan fingerprint density at radius 3 is 2.93 bits per heavy atom. The smallest absolute Gasteiger partial charge is 0.315 e. The third kappa shape index (κ3) is 3.08. The molecule has 78 valence electrons. The molecule has 0 unspecified atom stereocenters. The van der Waals surface area contributed by atoms with Gasteiger partial charge >= 0.3 is 6.43 Å². The van der Waals surface area contributed by atoms with E-state index in [0.29, 0.717) is 12.2 Å². The summed E-state index contributed by atoms with van der Waals surface area (Å²) in [6.45, 7) is 0.118. The lowest BCUT2D eigenvalue weighted by Crippen LogP contribution is -2.31. The van der Waals surface area contributed by atoms with Gasteiger partial charge in [0.15, 0.2) is 5.82 Å². The molecule has 0 aliphatic rings. The van der Waals surface area contributed by atoms with Gasteiger partial charge < -0.3 is 5.32 Å². The lowest BCUT2D eigenvalue weighted by Gasteiger charge is -2.01. The van der Waals surface area contributed by atoms with Crippen LogP contribution in [0.4, 0.5) is 8.78 Å². The van der Waals surface area contributed by atoms with E-state index in [1.54, 1.807) is 7.05 Å². The number of aromatic nitrogens is 3. The number of nitrogens with zero attached hydrogens (tertiary/aromatic N) is 3. The van der Waals surface area contributed by atoms with Gasteiger partial charge in [0.1, 0.15) is 6.33 Å². The highest BCUT2D eigenvalue weighted by Gasteiger charge is 2.13. The average molecular weight is 204 g/mol. The Balaban J connectivity index is 2.25. The van der Waals surface area contributed by atoms with E-state index >= 15 is 0 Å². The molecule has 0 aliphatic heterocycles. The summed E-state index contributed by atoms with van der Waals surface area (Å²) in [4.78, 5) is 14.3. The van der Waals surface area contributed by atoms with Crippen molar-refractivity contribution in [1.82, 2.24) is 20.1 Å². The van der Waals surface area contributed by atoms with Gasteiger partial charge in [-0.25, -0.2) is 4.98 Å². The Bertz CT molecular complexity index is 312. The number of amides is 1. The van der Waals surface area contributed by atoms with E-state index in [4.69, 9.17) is 0 Å². The van der Waals surface area contributed by atoms with Crippen LogP contribution in [0.5, 0.6) is 0 Å². The number of hydrogen-bond donors (Lipinski definition) is 1. The van der Waals surface area contributed by atoms with Gasteiger partial charge in [-0.2, -0.15) is 13.9 Å². The molecule has 1 rings (SSSR count). The van der Waals surface area contributed by atoms with Gasteiger partial charge in [-0.15, -0.1) is 0 Å². The molecule has 0 spiro atoms. The zero-order chi connectivity index (χ0) is 10.6. The Morgan fingerprint density at radius 1 is 1.71 bits per heavy atom. The number of rotatable bonds is 4. The van der Waals surface area contributed by atoms with Crippen molar-refractivity contribution in [3.05, 3.63) is 12.2 Å². The topological polar surface area (TPSA) is 59.8 Å². The van der Waals surface area contributed by atoms with E-state index in [0.717, 1.165) is 0 Å². The lowest BCUT2D eigenvalue weighted by molar-refractivity contribution is -0.131. The van der Waals surface area contributed by atoms with Gasteiger partial charge in [0.05, 0.1) is 0 Å². The molecule has 0 aliphatic carbocycles. The number of nitrogens with one attached hydrogen (secondary N) is 1. The summed E-state index contributed by atoms with van der Waals surface area (Å²) >= 11 is 0. The molecule has 1 aromatic heterocycles. The van der Waals surface area contributed by atoms with Crippen molar-refractivity contribution in [1.29, 1.82) is 0 Å². The normalized spacial score (nSPS) is 10.6. The molecule has 0 aromatic carbocycles. The molecule has 0 saturated carbocycles. The molecule has 1 N–H and O–H groups in total. The number of hydrogen-bond acceptors (Lipinski definition) is 3. The first-order valence-corrected chi connectivity index (χ1v) is 4.00. The van der Waals surface area contributed by atoms with E-state index in [1.165, 1.54) is 11.0 Å². The minimum Gasteiger partial charge on any atom is -0.351 e. The van der Waals surface area contributed by atoms with Gasteiger partial charge in [0.2, 0.25) is 0 Å². The van der Waals surface area contributed by atoms with Crippen LogP contribution in [0.2, 0.25) is 0 Å². The summed E-state index contributed by atoms with van der Waals surface area (Å²) in [6.07, 6.45) is -1.12. The first kappa shape index (κ1) is 10.6. The second-order valence-corrected chi connectivity index (χ2v) is 2.68. The minimum absolute atomic E-state index is 0.118. The number of halogens is 2. The molecule has 0 bridgehead atoms. The van der Waals surface area contributed by atoms with E-state index in [-0.39, 0.29) is 6.54 Å². The van der Waals surface area contributed by atoms with Gasteiger partial charge in [0.25, 0.3) is 5.91 Å². The molecular formula is C7H10F2N4O. The van der Waals surface area contributed by atoms with Gasteiger partial charge in [-0.3, -0.25) is 9.48 Å². The van der Waals surface area contributed by atoms with Crippen LogP contribution in [0.3, 0.4) is 0 Å². The van der Waals surface area contributed by atoms with Crippen molar-refractivity contribution in [3.8, 4) is 0 Å². The summed E-state index contributed by atoms with van der Waals surface area (Å²) in [5.41, 5.74) is 0. The summed E-state index contributed by atoms with van der Waals surface area (Å²) in [5.74, 6) is -0.747. The summed E-state index contributed by atoms with van der Waals surface area (Å²) in [7, 11) is 1.70. The molecule has 1 amide bonds. The van der Waals surface area contributed by atoms with Crippen molar-refractivity contribution in [2.45, 2.75) is 12.8 Å². The predicted octanol–water partition coefficient (Wildman–Crippen LogP) is -0.261. The first-order valence-electron chi connectivity index (χ1n) is 4.00. The predicted molar refractivity (Wildman–Crippen MR) is 43.7 cm³/mol. The third-order valence-electron chi connectivity index (χ3n) is 1.49. The van der Waals surface area contributed by atoms with Crippen LogP contribution in [-0.2, 0) is 18.3 Å². The van der Waals surface area contributed by atoms with Crippen LogP contribution in [0.25, 0.3) is 0 Å². The van der Waals surface area contributed by atoms with Gasteiger partial charge in [-0.1, -0.05) is 0 Å². The molecule has 0 atom stereocenters. The summed E-state index contributed by atoms with van der Waals surface area (Å²) < 4.78 is 24.9. The lowest BCUT2D eigenvalue weighted by atomic mass is 10.4.